The molecule has 0 radical (unpaired) electrons. The second-order valence-corrected chi connectivity index (χ2v) is 5.18. The molecule has 1 saturated heterocycles. The molecule has 2 atom stereocenters. The number of methoxy groups -OCH3 is 1. The molecule has 1 aromatic rings. The van der Waals surface area contributed by atoms with E-state index in [9.17, 15) is 4.79 Å². The number of hydrogen-bond acceptors (Lipinski definition) is 3. The lowest BCUT2D eigenvalue weighted by Gasteiger charge is -2.30. The maximum absolute atomic E-state index is 12.2. The number of benzene rings is 1. The van der Waals surface area contributed by atoms with Gasteiger partial charge in [0.05, 0.1) is 6.61 Å². The Hall–Kier alpha value is -1.39. The Morgan fingerprint density at radius 1 is 1.53 bits per heavy atom. The Morgan fingerprint density at radius 2 is 2.37 bits per heavy atom. The summed E-state index contributed by atoms with van der Waals surface area (Å²) in [6.45, 7) is 4.61. The van der Waals surface area contributed by atoms with Crippen LogP contribution >= 0.6 is 0 Å². The van der Waals surface area contributed by atoms with Crippen LogP contribution in [0.15, 0.2) is 24.3 Å². The van der Waals surface area contributed by atoms with Crippen LogP contribution in [0, 0.1) is 5.92 Å². The van der Waals surface area contributed by atoms with Crippen molar-refractivity contribution in [3.05, 3.63) is 35.4 Å². The number of carbonyl (C=O) groups is 1. The maximum Gasteiger partial charge on any atom is 0.251 e. The Bertz CT molecular complexity index is 434. The van der Waals surface area contributed by atoms with Gasteiger partial charge in [0.2, 0.25) is 0 Å². The van der Waals surface area contributed by atoms with E-state index in [4.69, 9.17) is 4.74 Å². The average molecular weight is 262 g/mol. The first kappa shape index (κ1) is 14.0. The predicted molar refractivity (Wildman–Crippen MR) is 75.1 cm³/mol. The van der Waals surface area contributed by atoms with Crippen LogP contribution in [-0.2, 0) is 11.3 Å². The number of rotatable bonds is 4. The minimum Gasteiger partial charge on any atom is -0.380 e. The van der Waals surface area contributed by atoms with Gasteiger partial charge in [-0.3, -0.25) is 4.79 Å². The third-order valence-corrected chi connectivity index (χ3v) is 3.64. The van der Waals surface area contributed by atoms with Crippen LogP contribution in [0.25, 0.3) is 0 Å². The number of piperidine rings is 1. The van der Waals surface area contributed by atoms with E-state index in [1.807, 2.05) is 24.3 Å². The minimum absolute atomic E-state index is 0.00139. The topological polar surface area (TPSA) is 50.4 Å². The molecule has 0 spiro atoms. The van der Waals surface area contributed by atoms with Crippen molar-refractivity contribution < 1.29 is 9.53 Å². The summed E-state index contributed by atoms with van der Waals surface area (Å²) in [5.74, 6) is 0.519. The van der Waals surface area contributed by atoms with Gasteiger partial charge in [0.25, 0.3) is 5.91 Å². The summed E-state index contributed by atoms with van der Waals surface area (Å²) in [4.78, 5) is 12.2. The van der Waals surface area contributed by atoms with Crippen LogP contribution in [0.4, 0.5) is 0 Å². The molecule has 2 N–H and O–H groups in total. The number of amides is 1. The molecule has 4 heteroatoms. The summed E-state index contributed by atoms with van der Waals surface area (Å²) in [5, 5.41) is 6.43. The fourth-order valence-corrected chi connectivity index (χ4v) is 2.40. The highest BCUT2D eigenvalue weighted by molar-refractivity contribution is 5.94. The smallest absolute Gasteiger partial charge is 0.251 e. The molecule has 0 bridgehead atoms. The lowest BCUT2D eigenvalue weighted by molar-refractivity contribution is 0.0915. The highest BCUT2D eigenvalue weighted by Gasteiger charge is 2.22. The summed E-state index contributed by atoms with van der Waals surface area (Å²) in [7, 11) is 1.65. The summed E-state index contributed by atoms with van der Waals surface area (Å²) in [6, 6.07) is 7.80. The monoisotopic (exact) mass is 262 g/mol. The summed E-state index contributed by atoms with van der Waals surface area (Å²) >= 11 is 0. The summed E-state index contributed by atoms with van der Waals surface area (Å²) in [6.07, 6.45) is 1.11. The van der Waals surface area contributed by atoms with Crippen molar-refractivity contribution in [3.63, 3.8) is 0 Å². The van der Waals surface area contributed by atoms with Gasteiger partial charge in [0, 0.05) is 25.3 Å². The van der Waals surface area contributed by atoms with E-state index in [0.717, 1.165) is 25.1 Å². The van der Waals surface area contributed by atoms with Gasteiger partial charge in [-0.1, -0.05) is 19.1 Å². The van der Waals surface area contributed by atoms with E-state index in [-0.39, 0.29) is 11.9 Å². The number of nitrogens with one attached hydrogen (secondary N) is 2. The molecule has 0 saturated carbocycles. The van der Waals surface area contributed by atoms with Gasteiger partial charge in [-0.25, -0.2) is 0 Å². The molecule has 4 nitrogen and oxygen atoms in total. The van der Waals surface area contributed by atoms with Crippen LogP contribution in [0.2, 0.25) is 0 Å². The molecule has 0 aromatic heterocycles. The van der Waals surface area contributed by atoms with E-state index in [0.29, 0.717) is 18.1 Å². The van der Waals surface area contributed by atoms with Crippen molar-refractivity contribution in [1.82, 2.24) is 10.6 Å². The van der Waals surface area contributed by atoms with E-state index in [2.05, 4.69) is 17.6 Å². The molecule has 1 fully saturated rings. The standard InChI is InChI=1S/C15H22N2O2/c1-11-6-7-16-9-14(11)17-15(18)13-5-3-4-12(8-13)10-19-2/h3-5,8,11,14,16H,6-7,9-10H2,1-2H3,(H,17,18). The molecule has 1 aliphatic heterocycles. The Labute approximate surface area is 114 Å². The normalized spacial score (nSPS) is 23.1. The van der Waals surface area contributed by atoms with Gasteiger partial charge >= 0.3 is 0 Å². The van der Waals surface area contributed by atoms with E-state index in [1.165, 1.54) is 0 Å². The Kier molecular flexibility index (Phi) is 4.93. The third-order valence-electron chi connectivity index (χ3n) is 3.64. The first-order chi connectivity index (χ1) is 9.20. The molecule has 2 rings (SSSR count). The second-order valence-electron chi connectivity index (χ2n) is 5.18. The fourth-order valence-electron chi connectivity index (χ4n) is 2.40. The highest BCUT2D eigenvalue weighted by atomic mass is 16.5. The van der Waals surface area contributed by atoms with Gasteiger partial charge in [-0.05, 0) is 36.6 Å². The number of carbonyl (C=O) groups excluding carboxylic acids is 1. The Morgan fingerprint density at radius 3 is 3.11 bits per heavy atom. The van der Waals surface area contributed by atoms with Gasteiger partial charge in [0.15, 0.2) is 0 Å². The molecular weight excluding hydrogens is 240 g/mol. The van der Waals surface area contributed by atoms with Gasteiger partial charge in [0.1, 0.15) is 0 Å². The Balaban J connectivity index is 2.00. The minimum atomic E-state index is -0.00139. The largest absolute Gasteiger partial charge is 0.380 e. The van der Waals surface area contributed by atoms with Crippen LogP contribution in [0.3, 0.4) is 0 Å². The SMILES string of the molecule is COCc1cccc(C(=O)NC2CNCCC2C)c1. The maximum atomic E-state index is 12.2. The first-order valence-corrected chi connectivity index (χ1v) is 6.80. The molecule has 0 aliphatic carbocycles. The zero-order valence-electron chi connectivity index (χ0n) is 11.6. The zero-order chi connectivity index (χ0) is 13.7. The lowest BCUT2D eigenvalue weighted by atomic mass is 9.94. The predicted octanol–water partition coefficient (Wildman–Crippen LogP) is 1.56. The van der Waals surface area contributed by atoms with E-state index in [1.54, 1.807) is 7.11 Å². The van der Waals surface area contributed by atoms with Crippen LogP contribution in [0.5, 0.6) is 0 Å². The van der Waals surface area contributed by atoms with E-state index >= 15 is 0 Å². The number of hydrogen-bond donors (Lipinski definition) is 2. The molecular formula is C15H22N2O2. The molecule has 104 valence electrons. The average Bonchev–Trinajstić information content (AvgIpc) is 2.42. The molecule has 19 heavy (non-hydrogen) atoms. The quantitative estimate of drug-likeness (QED) is 0.866. The summed E-state index contributed by atoms with van der Waals surface area (Å²) < 4.78 is 5.09. The molecule has 2 unspecified atom stereocenters. The lowest BCUT2D eigenvalue weighted by Crippen LogP contribution is -2.50. The molecule has 1 aliphatic rings. The van der Waals surface area contributed by atoms with Gasteiger partial charge in [-0.2, -0.15) is 0 Å². The van der Waals surface area contributed by atoms with Crippen molar-refractivity contribution in [2.45, 2.75) is 26.0 Å². The zero-order valence-corrected chi connectivity index (χ0v) is 11.6. The van der Waals surface area contributed by atoms with Gasteiger partial charge in [-0.15, -0.1) is 0 Å². The molecule has 1 heterocycles. The van der Waals surface area contributed by atoms with E-state index < -0.39 is 0 Å². The number of ether oxygens (including phenoxy) is 1. The third kappa shape index (κ3) is 3.78. The van der Waals surface area contributed by atoms with Crippen molar-refractivity contribution >= 4 is 5.91 Å². The van der Waals surface area contributed by atoms with Crippen molar-refractivity contribution in [3.8, 4) is 0 Å². The van der Waals surface area contributed by atoms with Crippen LogP contribution in [-0.4, -0.2) is 32.1 Å². The first-order valence-electron chi connectivity index (χ1n) is 6.80. The van der Waals surface area contributed by atoms with Crippen LogP contribution < -0.4 is 10.6 Å². The molecule has 1 aromatic carbocycles. The summed E-state index contributed by atoms with van der Waals surface area (Å²) in [5.41, 5.74) is 1.72. The van der Waals surface area contributed by atoms with Crippen molar-refractivity contribution in [2.75, 3.05) is 20.2 Å². The van der Waals surface area contributed by atoms with Crippen molar-refractivity contribution in [1.29, 1.82) is 0 Å². The van der Waals surface area contributed by atoms with Crippen LogP contribution in [0.1, 0.15) is 29.3 Å². The van der Waals surface area contributed by atoms with Gasteiger partial charge < -0.3 is 15.4 Å². The fraction of sp³-hybridized carbons (Fsp3) is 0.533. The van der Waals surface area contributed by atoms with Crippen molar-refractivity contribution in [2.24, 2.45) is 5.92 Å². The second kappa shape index (κ2) is 6.68. The highest BCUT2D eigenvalue weighted by Crippen LogP contribution is 2.13. The molecule has 1 amide bonds.